The Hall–Kier alpha value is -0.0325. The van der Waals surface area contributed by atoms with E-state index in [1.54, 1.807) is 0 Å². The molecule has 0 fully saturated rings. The second kappa shape index (κ2) is 16.9. The van der Waals surface area contributed by atoms with Crippen molar-refractivity contribution in [3.63, 3.8) is 0 Å². The van der Waals surface area contributed by atoms with Crippen molar-refractivity contribution in [3.8, 4) is 0 Å². The second-order valence-corrected chi connectivity index (χ2v) is 29.9. The first kappa shape index (κ1) is 35.0. The van der Waals surface area contributed by atoms with Crippen LogP contribution in [0.25, 0.3) is 0 Å². The lowest BCUT2D eigenvalue weighted by Gasteiger charge is -2.43. The first-order valence-corrected chi connectivity index (χ1v) is 27.2. The molecule has 1 rings (SSSR count). The molecule has 0 aliphatic heterocycles. The molecule has 0 amide bonds. The minimum Gasteiger partial charge on any atom is -0.437 e. The molecule has 0 N–H and O–H groups in total. The maximum Gasteiger partial charge on any atom is 0.316 e. The van der Waals surface area contributed by atoms with E-state index in [1.807, 2.05) is 0 Å². The normalized spacial score (nSPS) is 16.8. The summed E-state index contributed by atoms with van der Waals surface area (Å²) in [4.78, 5) is 0. The standard InChI is InChI=1S/C30H62O3Si4/c1-11-12-13-14-15-16-17-18-19-20-24-27-36(9,31-34(3,4)5)33-37(10,32-35(6,7)8)28-29(2)30-25-22-21-23-26-30/h21-23,25-26,29H,11-20,24,27-28H2,1-10H3. The van der Waals surface area contributed by atoms with Crippen molar-refractivity contribution in [3.05, 3.63) is 35.9 Å². The molecule has 0 saturated carbocycles. The first-order valence-electron chi connectivity index (χ1n) is 15.3. The topological polar surface area (TPSA) is 27.7 Å². The molecular weight excluding hydrogens is 521 g/mol. The lowest BCUT2D eigenvalue weighted by atomic mass is 10.0. The van der Waals surface area contributed by atoms with E-state index in [1.165, 1.54) is 76.2 Å². The van der Waals surface area contributed by atoms with E-state index in [9.17, 15) is 0 Å². The minimum atomic E-state index is -2.45. The fraction of sp³-hybridized carbons (Fsp3) is 0.800. The summed E-state index contributed by atoms with van der Waals surface area (Å²) in [7, 11) is -8.32. The Morgan fingerprint density at radius 1 is 0.568 bits per heavy atom. The smallest absolute Gasteiger partial charge is 0.316 e. The second-order valence-electron chi connectivity index (χ2n) is 13.6. The molecule has 3 unspecified atom stereocenters. The Morgan fingerprint density at radius 2 is 1.00 bits per heavy atom. The number of benzene rings is 1. The highest BCUT2D eigenvalue weighted by Gasteiger charge is 2.47. The Bertz CT molecular complexity index is 720. The van der Waals surface area contributed by atoms with Crippen LogP contribution in [0.2, 0.25) is 64.5 Å². The van der Waals surface area contributed by atoms with Gasteiger partial charge in [-0.1, -0.05) is 115 Å². The zero-order valence-corrected chi connectivity index (χ0v) is 30.4. The molecular formula is C30H62O3Si4. The monoisotopic (exact) mass is 582 g/mol. The highest BCUT2D eigenvalue weighted by molar-refractivity contribution is 6.89. The van der Waals surface area contributed by atoms with Gasteiger partial charge >= 0.3 is 17.1 Å². The first-order chi connectivity index (χ1) is 17.2. The average molecular weight is 583 g/mol. The molecule has 0 bridgehead atoms. The van der Waals surface area contributed by atoms with Gasteiger partial charge in [-0.3, -0.25) is 0 Å². The number of hydrogen-bond acceptors (Lipinski definition) is 3. The van der Waals surface area contributed by atoms with Crippen LogP contribution in [-0.2, 0) is 12.3 Å². The molecule has 7 heteroatoms. The van der Waals surface area contributed by atoms with Crippen LogP contribution in [0.3, 0.4) is 0 Å². The molecule has 0 aliphatic carbocycles. The molecule has 0 aliphatic rings. The van der Waals surface area contributed by atoms with Crippen LogP contribution in [0.1, 0.15) is 96.0 Å². The van der Waals surface area contributed by atoms with Crippen molar-refractivity contribution in [2.75, 3.05) is 0 Å². The summed E-state index contributed by atoms with van der Waals surface area (Å²) in [5.41, 5.74) is 1.38. The maximum atomic E-state index is 7.26. The molecule has 0 saturated heterocycles. The summed E-state index contributed by atoms with van der Waals surface area (Å²) in [5.74, 6) is 0.418. The van der Waals surface area contributed by atoms with Gasteiger partial charge in [-0.2, -0.15) is 0 Å². The minimum absolute atomic E-state index is 0.418. The zero-order valence-electron chi connectivity index (χ0n) is 26.4. The Labute approximate surface area is 236 Å². The molecule has 1 aromatic carbocycles. The van der Waals surface area contributed by atoms with Crippen molar-refractivity contribution in [2.45, 2.75) is 155 Å². The van der Waals surface area contributed by atoms with E-state index in [-0.39, 0.29) is 0 Å². The molecule has 3 atom stereocenters. The molecule has 0 radical (unpaired) electrons. The van der Waals surface area contributed by atoms with Gasteiger partial charge in [-0.05, 0) is 75.9 Å². The van der Waals surface area contributed by atoms with Crippen LogP contribution in [0.5, 0.6) is 0 Å². The SMILES string of the molecule is CCCCCCCCCCCCC[Si](C)(O[Si](C)(C)C)O[Si](C)(CC(C)c1ccccc1)O[Si](C)(C)C. The van der Waals surface area contributed by atoms with Crippen LogP contribution < -0.4 is 0 Å². The maximum absolute atomic E-state index is 7.26. The molecule has 1 aromatic rings. The number of rotatable bonds is 21. The number of unbranched alkanes of at least 4 members (excludes halogenated alkanes) is 10. The molecule has 0 heterocycles. The third kappa shape index (κ3) is 17.3. The van der Waals surface area contributed by atoms with Crippen molar-refractivity contribution in [1.29, 1.82) is 0 Å². The summed E-state index contributed by atoms with van der Waals surface area (Å²) in [6, 6.07) is 12.9. The summed E-state index contributed by atoms with van der Waals surface area (Å²) in [6.45, 7) is 23.1. The van der Waals surface area contributed by atoms with Gasteiger partial charge in [-0.25, -0.2) is 0 Å². The Kier molecular flexibility index (Phi) is 16.0. The largest absolute Gasteiger partial charge is 0.437 e. The highest BCUT2D eigenvalue weighted by atomic mass is 28.5. The molecule has 3 nitrogen and oxygen atoms in total. The highest BCUT2D eigenvalue weighted by Crippen LogP contribution is 2.35. The summed E-state index contributed by atoms with van der Waals surface area (Å²) < 4.78 is 21.2. The van der Waals surface area contributed by atoms with E-state index in [0.717, 1.165) is 12.1 Å². The third-order valence-corrected chi connectivity index (χ3v) is 21.2. The predicted octanol–water partition coefficient (Wildman–Crippen LogP) is 11.0. The molecule has 0 spiro atoms. The van der Waals surface area contributed by atoms with Crippen LogP contribution in [0.4, 0.5) is 0 Å². The van der Waals surface area contributed by atoms with Crippen LogP contribution in [0, 0.1) is 0 Å². The van der Waals surface area contributed by atoms with Crippen LogP contribution in [-0.4, -0.2) is 33.8 Å². The number of hydrogen-bond donors (Lipinski definition) is 0. The van der Waals surface area contributed by atoms with E-state index in [2.05, 4.69) is 96.6 Å². The summed E-state index contributed by atoms with van der Waals surface area (Å²) >= 11 is 0. The van der Waals surface area contributed by atoms with Gasteiger partial charge in [0.1, 0.15) is 0 Å². The van der Waals surface area contributed by atoms with Crippen LogP contribution in [0.15, 0.2) is 30.3 Å². The molecule has 37 heavy (non-hydrogen) atoms. The average Bonchev–Trinajstić information content (AvgIpc) is 2.75. The zero-order chi connectivity index (χ0) is 28.0. The molecule has 0 aromatic heterocycles. The van der Waals surface area contributed by atoms with Gasteiger partial charge in [-0.15, -0.1) is 0 Å². The Morgan fingerprint density at radius 3 is 1.46 bits per heavy atom. The fourth-order valence-corrected chi connectivity index (χ4v) is 24.4. The molecule has 216 valence electrons. The quantitative estimate of drug-likeness (QED) is 0.107. The van der Waals surface area contributed by atoms with Gasteiger partial charge in [0.15, 0.2) is 16.6 Å². The Balaban J connectivity index is 2.76. The lowest BCUT2D eigenvalue weighted by molar-refractivity contribution is 0.312. The van der Waals surface area contributed by atoms with Gasteiger partial charge in [0.05, 0.1) is 0 Å². The van der Waals surface area contributed by atoms with Gasteiger partial charge in [0, 0.05) is 0 Å². The van der Waals surface area contributed by atoms with Gasteiger partial charge < -0.3 is 12.3 Å². The van der Waals surface area contributed by atoms with Gasteiger partial charge in [0.2, 0.25) is 0 Å². The van der Waals surface area contributed by atoms with Gasteiger partial charge in [0.25, 0.3) is 0 Å². The van der Waals surface area contributed by atoms with Crippen LogP contribution >= 0.6 is 0 Å². The van der Waals surface area contributed by atoms with E-state index in [0.29, 0.717) is 5.92 Å². The fourth-order valence-electron chi connectivity index (χ4n) is 5.55. The van der Waals surface area contributed by atoms with E-state index < -0.39 is 33.8 Å². The van der Waals surface area contributed by atoms with E-state index >= 15 is 0 Å². The third-order valence-electron chi connectivity index (χ3n) is 6.76. The summed E-state index contributed by atoms with van der Waals surface area (Å²) in [5, 5.41) is 0. The lowest BCUT2D eigenvalue weighted by Crippen LogP contribution is -2.58. The summed E-state index contributed by atoms with van der Waals surface area (Å²) in [6.07, 6.45) is 15.1. The van der Waals surface area contributed by atoms with Crippen molar-refractivity contribution in [2.24, 2.45) is 0 Å². The van der Waals surface area contributed by atoms with Crippen molar-refractivity contribution >= 4 is 33.8 Å². The van der Waals surface area contributed by atoms with Crippen molar-refractivity contribution < 1.29 is 12.3 Å². The predicted molar refractivity (Wildman–Crippen MR) is 174 cm³/mol. The van der Waals surface area contributed by atoms with E-state index in [4.69, 9.17) is 12.3 Å². The van der Waals surface area contributed by atoms with Crippen molar-refractivity contribution in [1.82, 2.24) is 0 Å².